The molecule has 0 saturated heterocycles. The van der Waals surface area contributed by atoms with E-state index in [1.807, 2.05) is 19.1 Å². The van der Waals surface area contributed by atoms with Crippen molar-refractivity contribution in [1.82, 2.24) is 5.32 Å². The Bertz CT molecular complexity index is 619. The molecule has 0 unspecified atom stereocenters. The zero-order valence-corrected chi connectivity index (χ0v) is 12.4. The molecule has 0 bridgehead atoms. The Hall–Kier alpha value is -1.65. The molecule has 2 aromatic carbocycles. The topological polar surface area (TPSA) is 21.3 Å². The molecule has 0 aliphatic carbocycles. The Morgan fingerprint density at radius 3 is 2.67 bits per heavy atom. The molecule has 21 heavy (non-hydrogen) atoms. The van der Waals surface area contributed by atoms with Gasteiger partial charge in [0.1, 0.15) is 12.4 Å². The lowest BCUT2D eigenvalue weighted by Gasteiger charge is -2.13. The summed E-state index contributed by atoms with van der Waals surface area (Å²) < 4.78 is 31.7. The van der Waals surface area contributed by atoms with Crippen molar-refractivity contribution in [3.05, 3.63) is 64.2 Å². The van der Waals surface area contributed by atoms with Crippen LogP contribution >= 0.6 is 11.6 Å². The fourth-order valence-corrected chi connectivity index (χ4v) is 2.15. The number of halogens is 3. The van der Waals surface area contributed by atoms with Crippen molar-refractivity contribution >= 4 is 11.6 Å². The van der Waals surface area contributed by atoms with Crippen molar-refractivity contribution < 1.29 is 13.5 Å². The minimum Gasteiger partial charge on any atom is -0.487 e. The molecule has 2 aromatic rings. The molecule has 0 spiro atoms. The van der Waals surface area contributed by atoms with E-state index in [2.05, 4.69) is 5.32 Å². The molecule has 112 valence electrons. The first-order valence-electron chi connectivity index (χ1n) is 6.66. The first-order chi connectivity index (χ1) is 10.1. The summed E-state index contributed by atoms with van der Waals surface area (Å²) in [6, 6.07) is 9.18. The van der Waals surface area contributed by atoms with Crippen LogP contribution in [0.5, 0.6) is 5.75 Å². The number of para-hydroxylation sites is 1. The van der Waals surface area contributed by atoms with Gasteiger partial charge in [-0.3, -0.25) is 0 Å². The second kappa shape index (κ2) is 7.38. The van der Waals surface area contributed by atoms with Gasteiger partial charge in [-0.25, -0.2) is 8.78 Å². The third-order valence-corrected chi connectivity index (χ3v) is 3.28. The van der Waals surface area contributed by atoms with Gasteiger partial charge >= 0.3 is 0 Å². The summed E-state index contributed by atoms with van der Waals surface area (Å²) in [5.41, 5.74) is 1.47. The van der Waals surface area contributed by atoms with E-state index in [4.69, 9.17) is 16.3 Å². The average Bonchev–Trinajstić information content (AvgIpc) is 2.47. The highest BCUT2D eigenvalue weighted by Crippen LogP contribution is 2.29. The second-order valence-electron chi connectivity index (χ2n) is 4.55. The van der Waals surface area contributed by atoms with Gasteiger partial charge in [-0.15, -0.1) is 0 Å². The van der Waals surface area contributed by atoms with E-state index < -0.39 is 11.6 Å². The van der Waals surface area contributed by atoms with Crippen molar-refractivity contribution in [3.8, 4) is 5.75 Å². The Kier molecular flexibility index (Phi) is 5.53. The molecule has 0 heterocycles. The van der Waals surface area contributed by atoms with Gasteiger partial charge in [-0.05, 0) is 30.3 Å². The van der Waals surface area contributed by atoms with Crippen LogP contribution in [-0.2, 0) is 13.2 Å². The van der Waals surface area contributed by atoms with Crippen molar-refractivity contribution in [2.24, 2.45) is 0 Å². The van der Waals surface area contributed by atoms with Crippen molar-refractivity contribution in [2.75, 3.05) is 6.54 Å². The number of ether oxygens (including phenoxy) is 1. The number of hydrogen-bond acceptors (Lipinski definition) is 2. The molecule has 0 aliphatic heterocycles. The summed E-state index contributed by atoms with van der Waals surface area (Å²) in [4.78, 5) is 0. The molecule has 2 nitrogen and oxygen atoms in total. The SMILES string of the molecule is CCNCc1cccc(Cl)c1OCc1ccc(F)c(F)c1. The van der Waals surface area contributed by atoms with Gasteiger partial charge in [-0.2, -0.15) is 0 Å². The maximum Gasteiger partial charge on any atom is 0.159 e. The van der Waals surface area contributed by atoms with Crippen LogP contribution in [0.1, 0.15) is 18.1 Å². The van der Waals surface area contributed by atoms with E-state index >= 15 is 0 Å². The molecule has 0 radical (unpaired) electrons. The molecule has 0 fully saturated rings. The average molecular weight is 312 g/mol. The highest BCUT2D eigenvalue weighted by atomic mass is 35.5. The van der Waals surface area contributed by atoms with Crippen LogP contribution in [0.3, 0.4) is 0 Å². The summed E-state index contributed by atoms with van der Waals surface area (Å²) >= 11 is 6.14. The minimum absolute atomic E-state index is 0.125. The van der Waals surface area contributed by atoms with Crippen LogP contribution in [-0.4, -0.2) is 6.54 Å². The molecule has 2 rings (SSSR count). The minimum atomic E-state index is -0.886. The van der Waals surface area contributed by atoms with Gasteiger partial charge in [0.25, 0.3) is 0 Å². The quantitative estimate of drug-likeness (QED) is 0.858. The van der Waals surface area contributed by atoms with Crippen molar-refractivity contribution in [3.63, 3.8) is 0 Å². The fraction of sp³-hybridized carbons (Fsp3) is 0.250. The smallest absolute Gasteiger partial charge is 0.159 e. The molecular weight excluding hydrogens is 296 g/mol. The first kappa shape index (κ1) is 15.7. The Morgan fingerprint density at radius 1 is 1.14 bits per heavy atom. The second-order valence-corrected chi connectivity index (χ2v) is 4.95. The lowest BCUT2D eigenvalue weighted by atomic mass is 10.2. The number of rotatable bonds is 6. The fourth-order valence-electron chi connectivity index (χ4n) is 1.90. The summed E-state index contributed by atoms with van der Waals surface area (Å²) in [6.07, 6.45) is 0. The predicted molar refractivity (Wildman–Crippen MR) is 79.5 cm³/mol. The normalized spacial score (nSPS) is 10.7. The highest BCUT2D eigenvalue weighted by Gasteiger charge is 2.09. The maximum absolute atomic E-state index is 13.2. The zero-order valence-electron chi connectivity index (χ0n) is 11.6. The first-order valence-corrected chi connectivity index (χ1v) is 7.04. The van der Waals surface area contributed by atoms with Crippen LogP contribution in [0.4, 0.5) is 8.78 Å². The number of nitrogens with one attached hydrogen (secondary N) is 1. The summed E-state index contributed by atoms with van der Waals surface area (Å²) in [5.74, 6) is -1.20. The molecule has 0 amide bonds. The van der Waals surface area contributed by atoms with Gasteiger partial charge in [0.05, 0.1) is 5.02 Å². The van der Waals surface area contributed by atoms with Crippen LogP contribution in [0, 0.1) is 11.6 Å². The molecular formula is C16H16ClF2NO. The predicted octanol–water partition coefficient (Wildman–Crippen LogP) is 4.31. The summed E-state index contributed by atoms with van der Waals surface area (Å²) in [5, 5.41) is 3.69. The third-order valence-electron chi connectivity index (χ3n) is 2.98. The molecule has 0 atom stereocenters. The van der Waals surface area contributed by atoms with E-state index in [0.29, 0.717) is 22.9 Å². The van der Waals surface area contributed by atoms with Crippen molar-refractivity contribution in [1.29, 1.82) is 0 Å². The van der Waals surface area contributed by atoms with Gasteiger partial charge in [0, 0.05) is 12.1 Å². The Balaban J connectivity index is 2.13. The summed E-state index contributed by atoms with van der Waals surface area (Å²) in [7, 11) is 0. The number of benzene rings is 2. The molecule has 5 heteroatoms. The Morgan fingerprint density at radius 2 is 1.95 bits per heavy atom. The van der Waals surface area contributed by atoms with Gasteiger partial charge in [0.2, 0.25) is 0 Å². The van der Waals surface area contributed by atoms with E-state index in [1.54, 1.807) is 6.07 Å². The lowest BCUT2D eigenvalue weighted by molar-refractivity contribution is 0.301. The van der Waals surface area contributed by atoms with Gasteiger partial charge in [-0.1, -0.05) is 36.7 Å². The van der Waals surface area contributed by atoms with E-state index in [9.17, 15) is 8.78 Å². The Labute approximate surface area is 127 Å². The maximum atomic E-state index is 13.2. The van der Waals surface area contributed by atoms with Crippen molar-refractivity contribution in [2.45, 2.75) is 20.1 Å². The van der Waals surface area contributed by atoms with E-state index in [1.165, 1.54) is 6.07 Å². The van der Waals surface area contributed by atoms with Gasteiger partial charge in [0.15, 0.2) is 11.6 Å². The lowest BCUT2D eigenvalue weighted by Crippen LogP contribution is -2.13. The molecule has 1 N–H and O–H groups in total. The van der Waals surface area contributed by atoms with E-state index in [0.717, 1.165) is 24.2 Å². The molecule has 0 aliphatic rings. The van der Waals surface area contributed by atoms with Crippen LogP contribution in [0.15, 0.2) is 36.4 Å². The van der Waals surface area contributed by atoms with Crippen LogP contribution < -0.4 is 10.1 Å². The molecule has 0 saturated carbocycles. The molecule has 0 aromatic heterocycles. The summed E-state index contributed by atoms with van der Waals surface area (Å²) in [6.45, 7) is 3.59. The number of hydrogen-bond donors (Lipinski definition) is 1. The highest BCUT2D eigenvalue weighted by molar-refractivity contribution is 6.32. The van der Waals surface area contributed by atoms with Crippen LogP contribution in [0.2, 0.25) is 5.02 Å². The van der Waals surface area contributed by atoms with Crippen LogP contribution in [0.25, 0.3) is 0 Å². The third kappa shape index (κ3) is 4.16. The van der Waals surface area contributed by atoms with Gasteiger partial charge < -0.3 is 10.1 Å². The van der Waals surface area contributed by atoms with E-state index in [-0.39, 0.29) is 6.61 Å². The monoisotopic (exact) mass is 311 g/mol. The standard InChI is InChI=1S/C16H16ClF2NO/c1-2-20-9-12-4-3-5-13(17)16(12)21-10-11-6-7-14(18)15(19)8-11/h3-8,20H,2,9-10H2,1H3. The zero-order chi connectivity index (χ0) is 15.2. The largest absolute Gasteiger partial charge is 0.487 e.